The maximum Gasteiger partial charge on any atom is 0.414 e. The summed E-state index contributed by atoms with van der Waals surface area (Å²) in [6, 6.07) is 3.64. The Morgan fingerprint density at radius 2 is 2.37 bits per heavy atom. The fourth-order valence-electron chi connectivity index (χ4n) is 1.76. The molecule has 0 radical (unpaired) electrons. The predicted molar refractivity (Wildman–Crippen MR) is 64.4 cm³/mol. The number of nitrogens with zero attached hydrogens (tertiary/aromatic N) is 1. The van der Waals surface area contributed by atoms with Crippen LogP contribution in [0.2, 0.25) is 0 Å². The third-order valence-corrected chi connectivity index (χ3v) is 2.70. The Kier molecular flexibility index (Phi) is 3.55. The van der Waals surface area contributed by atoms with E-state index in [1.165, 1.54) is 24.0 Å². The van der Waals surface area contributed by atoms with Gasteiger partial charge in [0.2, 0.25) is 5.91 Å². The third-order valence-electron chi connectivity index (χ3n) is 2.70. The fourth-order valence-corrected chi connectivity index (χ4v) is 1.76. The number of aromatic hydroxyl groups is 1. The molecule has 0 aromatic heterocycles. The highest BCUT2D eigenvalue weighted by molar-refractivity contribution is 5.89. The second-order valence-electron chi connectivity index (χ2n) is 4.19. The van der Waals surface area contributed by atoms with E-state index < -0.39 is 23.8 Å². The third kappa shape index (κ3) is 2.93. The number of carbonyl (C=O) groups is 2. The van der Waals surface area contributed by atoms with Crippen LogP contribution in [0.1, 0.15) is 6.92 Å². The number of cyclic esters (lactones) is 1. The number of rotatable bonds is 3. The van der Waals surface area contributed by atoms with Crippen molar-refractivity contribution >= 4 is 17.7 Å². The van der Waals surface area contributed by atoms with Gasteiger partial charge in [0.05, 0.1) is 18.8 Å². The van der Waals surface area contributed by atoms with Crippen molar-refractivity contribution in [2.45, 2.75) is 13.0 Å². The molecule has 1 fully saturated rings. The number of hydrogen-bond acceptors (Lipinski definition) is 4. The number of hydrogen-bond donors (Lipinski definition) is 2. The lowest BCUT2D eigenvalue weighted by atomic mass is 10.2. The zero-order chi connectivity index (χ0) is 14.0. The van der Waals surface area contributed by atoms with Gasteiger partial charge in [0.15, 0.2) is 11.6 Å². The van der Waals surface area contributed by atoms with E-state index in [0.717, 1.165) is 6.07 Å². The maximum absolute atomic E-state index is 13.2. The van der Waals surface area contributed by atoms with Crippen molar-refractivity contribution in [1.82, 2.24) is 5.32 Å². The molecule has 1 atom stereocenters. The number of phenolic OH excluding ortho intramolecular Hbond substituents is 1. The van der Waals surface area contributed by atoms with Crippen LogP contribution in [0, 0.1) is 5.82 Å². The first-order valence-electron chi connectivity index (χ1n) is 5.68. The van der Waals surface area contributed by atoms with Crippen molar-refractivity contribution in [1.29, 1.82) is 0 Å². The molecule has 6 nitrogen and oxygen atoms in total. The van der Waals surface area contributed by atoms with Gasteiger partial charge in [-0.05, 0) is 12.1 Å². The largest absolute Gasteiger partial charge is 0.505 e. The van der Waals surface area contributed by atoms with E-state index in [2.05, 4.69) is 5.32 Å². The lowest BCUT2D eigenvalue weighted by molar-refractivity contribution is -0.119. The fraction of sp³-hybridized carbons (Fsp3) is 0.333. The molecular formula is C12H13FN2O4. The van der Waals surface area contributed by atoms with Gasteiger partial charge in [0, 0.05) is 13.0 Å². The molecule has 7 heteroatoms. The quantitative estimate of drug-likeness (QED) is 0.857. The van der Waals surface area contributed by atoms with E-state index >= 15 is 0 Å². The normalized spacial score (nSPS) is 18.3. The minimum atomic E-state index is -0.810. The summed E-state index contributed by atoms with van der Waals surface area (Å²) in [7, 11) is 0. The summed E-state index contributed by atoms with van der Waals surface area (Å²) < 4.78 is 18.3. The molecule has 1 heterocycles. The summed E-state index contributed by atoms with van der Waals surface area (Å²) in [6.45, 7) is 1.78. The van der Waals surface area contributed by atoms with Crippen molar-refractivity contribution < 1.29 is 23.8 Å². The molecule has 2 rings (SSSR count). The lowest BCUT2D eigenvalue weighted by Crippen LogP contribution is -2.33. The molecule has 0 bridgehead atoms. The molecule has 1 unspecified atom stereocenters. The first-order chi connectivity index (χ1) is 8.97. The summed E-state index contributed by atoms with van der Waals surface area (Å²) in [5, 5.41) is 11.6. The molecule has 2 amide bonds. The second-order valence-corrected chi connectivity index (χ2v) is 4.19. The summed E-state index contributed by atoms with van der Waals surface area (Å²) in [5.41, 5.74) is 0.297. The summed E-state index contributed by atoms with van der Waals surface area (Å²) in [4.78, 5) is 23.7. The number of halogens is 1. The topological polar surface area (TPSA) is 78.9 Å². The van der Waals surface area contributed by atoms with Gasteiger partial charge in [0.25, 0.3) is 0 Å². The van der Waals surface area contributed by atoms with Crippen LogP contribution in [-0.4, -0.2) is 36.3 Å². The van der Waals surface area contributed by atoms with Gasteiger partial charge in [-0.25, -0.2) is 9.18 Å². The van der Waals surface area contributed by atoms with Crippen LogP contribution in [0.5, 0.6) is 5.75 Å². The highest BCUT2D eigenvalue weighted by Gasteiger charge is 2.32. The minimum absolute atomic E-state index is 0.206. The first kappa shape index (κ1) is 13.1. The van der Waals surface area contributed by atoms with E-state index in [0.29, 0.717) is 5.69 Å². The highest BCUT2D eigenvalue weighted by Crippen LogP contribution is 2.26. The number of nitrogens with one attached hydrogen (secondary N) is 1. The number of benzene rings is 1. The van der Waals surface area contributed by atoms with Crippen LogP contribution in [-0.2, 0) is 9.53 Å². The number of anilines is 1. The molecule has 1 saturated heterocycles. The van der Waals surface area contributed by atoms with Gasteiger partial charge < -0.3 is 15.2 Å². The lowest BCUT2D eigenvalue weighted by Gasteiger charge is -2.13. The number of phenols is 1. The highest BCUT2D eigenvalue weighted by atomic mass is 19.1. The molecule has 1 aromatic carbocycles. The van der Waals surface area contributed by atoms with Gasteiger partial charge in [-0.3, -0.25) is 9.69 Å². The van der Waals surface area contributed by atoms with E-state index in [9.17, 15) is 14.0 Å². The zero-order valence-electron chi connectivity index (χ0n) is 10.2. The molecule has 102 valence electrons. The van der Waals surface area contributed by atoms with Gasteiger partial charge in [-0.1, -0.05) is 0 Å². The molecule has 1 aliphatic rings. The van der Waals surface area contributed by atoms with Crippen LogP contribution in [0.15, 0.2) is 18.2 Å². The van der Waals surface area contributed by atoms with Crippen molar-refractivity contribution in [2.24, 2.45) is 0 Å². The Labute approximate surface area is 108 Å². The maximum atomic E-state index is 13.2. The molecular weight excluding hydrogens is 255 g/mol. The van der Waals surface area contributed by atoms with E-state index in [4.69, 9.17) is 9.84 Å². The Balaban J connectivity index is 2.07. The average molecular weight is 268 g/mol. The van der Waals surface area contributed by atoms with Crippen LogP contribution >= 0.6 is 0 Å². The molecule has 1 aromatic rings. The van der Waals surface area contributed by atoms with Crippen molar-refractivity contribution in [3.63, 3.8) is 0 Å². The van der Waals surface area contributed by atoms with E-state index in [1.807, 2.05) is 0 Å². The average Bonchev–Trinajstić information content (AvgIpc) is 2.72. The Morgan fingerprint density at radius 1 is 1.63 bits per heavy atom. The minimum Gasteiger partial charge on any atom is -0.505 e. The van der Waals surface area contributed by atoms with Crippen molar-refractivity contribution in [2.75, 3.05) is 18.0 Å². The number of amides is 2. The van der Waals surface area contributed by atoms with E-state index in [1.54, 1.807) is 0 Å². The molecule has 1 aliphatic heterocycles. The molecule has 0 saturated carbocycles. The van der Waals surface area contributed by atoms with Crippen LogP contribution in [0.25, 0.3) is 0 Å². The number of ether oxygens (including phenoxy) is 1. The summed E-state index contributed by atoms with van der Waals surface area (Å²) in [6.07, 6.45) is -1.09. The van der Waals surface area contributed by atoms with Crippen LogP contribution in [0.4, 0.5) is 14.9 Å². The first-order valence-corrected chi connectivity index (χ1v) is 5.68. The Bertz CT molecular complexity index is 520. The molecule has 2 N–H and O–H groups in total. The smallest absolute Gasteiger partial charge is 0.414 e. The molecule has 19 heavy (non-hydrogen) atoms. The molecule has 0 aliphatic carbocycles. The van der Waals surface area contributed by atoms with Crippen LogP contribution < -0.4 is 10.2 Å². The predicted octanol–water partition coefficient (Wildman–Crippen LogP) is 0.993. The SMILES string of the molecule is CC(=O)NCC1CN(c2ccc(O)c(F)c2)C(=O)O1. The zero-order valence-corrected chi connectivity index (χ0v) is 10.2. The van der Waals surface area contributed by atoms with Gasteiger partial charge in [0.1, 0.15) is 6.10 Å². The van der Waals surface area contributed by atoms with Crippen molar-refractivity contribution in [3.05, 3.63) is 24.0 Å². The molecule has 0 spiro atoms. The Hall–Kier alpha value is -2.31. The monoisotopic (exact) mass is 268 g/mol. The standard InChI is InChI=1S/C12H13FN2O4/c1-7(16)14-5-9-6-15(12(18)19-9)8-2-3-11(17)10(13)4-8/h2-4,9,17H,5-6H2,1H3,(H,14,16). The summed E-state index contributed by atoms with van der Waals surface area (Å²) >= 11 is 0. The van der Waals surface area contributed by atoms with Crippen molar-refractivity contribution in [3.8, 4) is 5.75 Å². The van der Waals surface area contributed by atoms with Gasteiger partial charge >= 0.3 is 6.09 Å². The van der Waals surface area contributed by atoms with Gasteiger partial charge in [-0.15, -0.1) is 0 Å². The Morgan fingerprint density at radius 3 is 3.00 bits per heavy atom. The number of carbonyl (C=O) groups excluding carboxylic acids is 2. The van der Waals surface area contributed by atoms with Crippen LogP contribution in [0.3, 0.4) is 0 Å². The summed E-state index contributed by atoms with van der Waals surface area (Å²) in [5.74, 6) is -1.51. The van der Waals surface area contributed by atoms with E-state index in [-0.39, 0.29) is 19.0 Å². The van der Waals surface area contributed by atoms with Gasteiger partial charge in [-0.2, -0.15) is 0 Å². The second kappa shape index (κ2) is 5.13.